The summed E-state index contributed by atoms with van der Waals surface area (Å²) in [5.74, 6) is 0. The fraction of sp³-hybridized carbons (Fsp3) is 0. The van der Waals surface area contributed by atoms with Crippen molar-refractivity contribution in [2.45, 2.75) is 0 Å². The molecule has 0 radical (unpaired) electrons. The van der Waals surface area contributed by atoms with Gasteiger partial charge in [-0.25, -0.2) is 0 Å². The van der Waals surface area contributed by atoms with E-state index in [0.717, 1.165) is 11.4 Å². The SMILES string of the molecule is c1ccc(-c2ccc(-c3c4ccccc4cc4c5ccccc5n(-c5ccc6c7ccccc7n(-c7ccccc7)c6c5)c34)cc2)cc1. The van der Waals surface area contributed by atoms with Crippen LogP contribution in [-0.4, -0.2) is 9.13 Å². The van der Waals surface area contributed by atoms with Crippen LogP contribution in [0.1, 0.15) is 0 Å². The summed E-state index contributed by atoms with van der Waals surface area (Å²) < 4.78 is 4.89. The third kappa shape index (κ3) is 4.00. The Kier molecular flexibility index (Phi) is 5.91. The second-order valence-corrected chi connectivity index (χ2v) is 12.6. The van der Waals surface area contributed by atoms with Crippen LogP contribution in [0, 0.1) is 0 Å². The highest BCUT2D eigenvalue weighted by Gasteiger charge is 2.21. The van der Waals surface area contributed by atoms with Crippen LogP contribution < -0.4 is 0 Å². The summed E-state index contributed by atoms with van der Waals surface area (Å²) in [6.45, 7) is 0. The topological polar surface area (TPSA) is 9.86 Å². The van der Waals surface area contributed by atoms with E-state index in [1.165, 1.54) is 76.6 Å². The lowest BCUT2D eigenvalue weighted by atomic mass is 9.93. The maximum absolute atomic E-state index is 2.49. The van der Waals surface area contributed by atoms with Gasteiger partial charge in [0.2, 0.25) is 0 Å². The molecule has 0 bridgehead atoms. The summed E-state index contributed by atoms with van der Waals surface area (Å²) in [7, 11) is 0. The molecule has 2 heteroatoms. The van der Waals surface area contributed by atoms with E-state index < -0.39 is 0 Å². The molecule has 0 saturated carbocycles. The zero-order chi connectivity index (χ0) is 31.6. The number of benzene rings is 8. The Bertz CT molecular complexity index is 2800. The zero-order valence-electron chi connectivity index (χ0n) is 26.2. The number of rotatable bonds is 4. The van der Waals surface area contributed by atoms with Gasteiger partial charge in [-0.3, -0.25) is 0 Å². The van der Waals surface area contributed by atoms with Crippen LogP contribution in [0.25, 0.3) is 88.0 Å². The maximum atomic E-state index is 2.49. The molecule has 0 unspecified atom stereocenters. The molecule has 0 spiro atoms. The van der Waals surface area contributed by atoms with Crippen molar-refractivity contribution in [3.63, 3.8) is 0 Å². The van der Waals surface area contributed by atoms with Crippen LogP contribution in [0.5, 0.6) is 0 Å². The number of nitrogens with zero attached hydrogens (tertiary/aromatic N) is 2. The van der Waals surface area contributed by atoms with E-state index >= 15 is 0 Å². The fourth-order valence-electron chi connectivity index (χ4n) is 7.76. The summed E-state index contributed by atoms with van der Waals surface area (Å²) in [5, 5.41) is 7.52. The first kappa shape index (κ1) is 26.8. The molecule has 0 N–H and O–H groups in total. The van der Waals surface area contributed by atoms with Gasteiger partial charge in [0.1, 0.15) is 0 Å². The minimum absolute atomic E-state index is 1.14. The summed E-state index contributed by atoms with van der Waals surface area (Å²) in [6, 6.07) is 66.2. The number of aromatic nitrogens is 2. The minimum Gasteiger partial charge on any atom is -0.309 e. The molecule has 2 aromatic heterocycles. The van der Waals surface area contributed by atoms with E-state index in [-0.39, 0.29) is 0 Å². The highest BCUT2D eigenvalue weighted by Crippen LogP contribution is 2.44. The third-order valence-electron chi connectivity index (χ3n) is 9.89. The molecule has 0 aliphatic carbocycles. The quantitative estimate of drug-likeness (QED) is 0.188. The van der Waals surface area contributed by atoms with Crippen LogP contribution in [0.2, 0.25) is 0 Å². The van der Waals surface area contributed by atoms with Gasteiger partial charge in [0.15, 0.2) is 0 Å². The normalized spacial score (nSPS) is 11.8. The fourth-order valence-corrected chi connectivity index (χ4v) is 7.76. The summed E-state index contributed by atoms with van der Waals surface area (Å²) in [4.78, 5) is 0. The van der Waals surface area contributed by atoms with Gasteiger partial charge < -0.3 is 9.13 Å². The van der Waals surface area contributed by atoms with Crippen molar-refractivity contribution in [1.82, 2.24) is 9.13 Å². The van der Waals surface area contributed by atoms with E-state index in [0.29, 0.717) is 0 Å². The van der Waals surface area contributed by atoms with Crippen molar-refractivity contribution in [3.8, 4) is 33.6 Å². The third-order valence-corrected chi connectivity index (χ3v) is 9.89. The van der Waals surface area contributed by atoms with Crippen molar-refractivity contribution < 1.29 is 0 Å². The van der Waals surface area contributed by atoms with Gasteiger partial charge in [0.25, 0.3) is 0 Å². The van der Waals surface area contributed by atoms with Crippen molar-refractivity contribution in [2.24, 2.45) is 0 Å². The molecule has 48 heavy (non-hydrogen) atoms. The summed E-state index contributed by atoms with van der Waals surface area (Å²) >= 11 is 0. The molecule has 0 aliphatic heterocycles. The molecule has 10 rings (SSSR count). The molecule has 0 saturated heterocycles. The molecule has 2 nitrogen and oxygen atoms in total. The molecule has 2 heterocycles. The lowest BCUT2D eigenvalue weighted by Crippen LogP contribution is -1.98. The molecular formula is C46H30N2. The van der Waals surface area contributed by atoms with Crippen molar-refractivity contribution in [2.75, 3.05) is 0 Å². The molecule has 0 aliphatic rings. The first-order valence-electron chi connectivity index (χ1n) is 16.5. The number of hydrogen-bond acceptors (Lipinski definition) is 0. The molecule has 224 valence electrons. The van der Waals surface area contributed by atoms with Crippen molar-refractivity contribution in [3.05, 3.63) is 182 Å². The van der Waals surface area contributed by atoms with Gasteiger partial charge >= 0.3 is 0 Å². The van der Waals surface area contributed by atoms with E-state index in [2.05, 4.69) is 191 Å². The average Bonchev–Trinajstić information content (AvgIpc) is 3.67. The largest absolute Gasteiger partial charge is 0.309 e. The Morgan fingerprint density at radius 1 is 0.292 bits per heavy atom. The Labute approximate surface area is 278 Å². The second-order valence-electron chi connectivity index (χ2n) is 12.6. The van der Waals surface area contributed by atoms with Gasteiger partial charge in [0, 0.05) is 38.5 Å². The van der Waals surface area contributed by atoms with E-state index in [1.807, 2.05) is 0 Å². The predicted octanol–water partition coefficient (Wildman–Crippen LogP) is 12.4. The molecule has 0 amide bonds. The summed E-state index contributed by atoms with van der Waals surface area (Å²) in [5.41, 5.74) is 12.0. The first-order valence-corrected chi connectivity index (χ1v) is 16.5. The van der Waals surface area contributed by atoms with Gasteiger partial charge in [-0.1, -0.05) is 140 Å². The minimum atomic E-state index is 1.14. The van der Waals surface area contributed by atoms with Crippen LogP contribution in [0.3, 0.4) is 0 Å². The van der Waals surface area contributed by atoms with E-state index in [9.17, 15) is 0 Å². The number of fused-ring (bicyclic) bond motifs is 7. The monoisotopic (exact) mass is 610 g/mol. The van der Waals surface area contributed by atoms with E-state index in [1.54, 1.807) is 0 Å². The molecule has 0 fully saturated rings. The van der Waals surface area contributed by atoms with Gasteiger partial charge in [-0.15, -0.1) is 0 Å². The van der Waals surface area contributed by atoms with Gasteiger partial charge in [-0.05, 0) is 69.9 Å². The number of para-hydroxylation sites is 3. The zero-order valence-corrected chi connectivity index (χ0v) is 26.2. The standard InChI is InChI=1S/C46H30N2/c1-3-13-31(14-4-1)32-23-25-33(26-24-32)45-37-18-8-7-15-34(37)29-41-39-20-10-12-22-43(39)48(46(41)45)36-27-28-40-38-19-9-11-21-42(38)47(44(40)30-36)35-16-5-2-6-17-35/h1-30H. The summed E-state index contributed by atoms with van der Waals surface area (Å²) in [6.07, 6.45) is 0. The molecule has 8 aromatic carbocycles. The maximum Gasteiger partial charge on any atom is 0.0625 e. The Hall–Kier alpha value is -6.38. The van der Waals surface area contributed by atoms with Crippen LogP contribution in [0.15, 0.2) is 182 Å². The van der Waals surface area contributed by atoms with Crippen molar-refractivity contribution >= 4 is 54.4 Å². The first-order chi connectivity index (χ1) is 23.8. The van der Waals surface area contributed by atoms with Crippen LogP contribution in [0.4, 0.5) is 0 Å². The number of hydrogen-bond donors (Lipinski definition) is 0. The predicted molar refractivity (Wildman–Crippen MR) is 203 cm³/mol. The molecule has 10 aromatic rings. The average molecular weight is 611 g/mol. The smallest absolute Gasteiger partial charge is 0.0625 e. The van der Waals surface area contributed by atoms with Crippen LogP contribution in [-0.2, 0) is 0 Å². The van der Waals surface area contributed by atoms with Gasteiger partial charge in [0.05, 0.1) is 22.1 Å². The lowest BCUT2D eigenvalue weighted by Gasteiger charge is -2.16. The lowest BCUT2D eigenvalue weighted by molar-refractivity contribution is 1.16. The second kappa shape index (κ2) is 10.6. The van der Waals surface area contributed by atoms with E-state index in [4.69, 9.17) is 0 Å². The van der Waals surface area contributed by atoms with Gasteiger partial charge in [-0.2, -0.15) is 0 Å². The molecule has 0 atom stereocenters. The van der Waals surface area contributed by atoms with Crippen molar-refractivity contribution in [1.29, 1.82) is 0 Å². The Morgan fingerprint density at radius 2 is 0.833 bits per heavy atom. The highest BCUT2D eigenvalue weighted by molar-refractivity contribution is 6.21. The Balaban J connectivity index is 1.31. The highest BCUT2D eigenvalue weighted by atomic mass is 15.0. The molecular weight excluding hydrogens is 581 g/mol. The van der Waals surface area contributed by atoms with Crippen LogP contribution >= 0.6 is 0 Å². The Morgan fingerprint density at radius 3 is 1.58 bits per heavy atom.